The van der Waals surface area contributed by atoms with Gasteiger partial charge in [-0.05, 0) is 50.0 Å². The average molecular weight is 257 g/mol. The number of carbonyl (C=O) groups is 1. The molecule has 2 heterocycles. The number of carbonyl (C=O) groups excluding carboxylic acids is 1. The van der Waals surface area contributed by atoms with E-state index in [9.17, 15) is 4.79 Å². The van der Waals surface area contributed by atoms with Crippen molar-refractivity contribution >= 4 is 22.6 Å². The number of rotatable bonds is 3. The molecule has 3 N–H and O–H groups in total. The number of aromatic nitrogens is 2. The van der Waals surface area contributed by atoms with Crippen molar-refractivity contribution in [3.05, 3.63) is 24.5 Å². The molecule has 5 heteroatoms. The van der Waals surface area contributed by atoms with Gasteiger partial charge in [0.05, 0.1) is 11.0 Å². The first kappa shape index (κ1) is 12.2. The van der Waals surface area contributed by atoms with Crippen LogP contribution >= 0.6 is 0 Å². The summed E-state index contributed by atoms with van der Waals surface area (Å²) in [5, 5.41) is 6.25. The third-order valence-electron chi connectivity index (χ3n) is 3.58. The lowest BCUT2D eigenvalue weighted by molar-refractivity contribution is -0.117. The summed E-state index contributed by atoms with van der Waals surface area (Å²) in [6.07, 6.45) is 5.46. The Morgan fingerprint density at radius 3 is 3.11 bits per heavy atom. The van der Waals surface area contributed by atoms with Gasteiger partial charge in [0, 0.05) is 12.1 Å². The van der Waals surface area contributed by atoms with Gasteiger partial charge >= 0.3 is 0 Å². The fourth-order valence-electron chi connectivity index (χ4n) is 2.52. The molecule has 0 atom stereocenters. The first-order chi connectivity index (χ1) is 9.31. The second-order valence-corrected chi connectivity index (χ2v) is 5.03. The van der Waals surface area contributed by atoms with Gasteiger partial charge in [-0.1, -0.05) is 0 Å². The summed E-state index contributed by atoms with van der Waals surface area (Å²) in [5.74, 6) is 0.592. The number of amides is 1. The largest absolute Gasteiger partial charge is 0.335 e. The van der Waals surface area contributed by atoms with Crippen LogP contribution < -0.4 is 10.6 Å². The molecule has 0 bridgehead atoms. The number of H-pyrrole nitrogens is 1. The highest BCUT2D eigenvalue weighted by molar-refractivity contribution is 5.93. The van der Waals surface area contributed by atoms with Crippen LogP contribution in [0.1, 0.15) is 19.3 Å². The highest BCUT2D eigenvalue weighted by Gasteiger charge is 2.16. The Balaban J connectivity index is 1.61. The van der Waals surface area contributed by atoms with Gasteiger partial charge < -0.3 is 15.6 Å². The minimum absolute atomic E-state index is 0.0887. The number of anilines is 1. The van der Waals surface area contributed by atoms with Crippen molar-refractivity contribution in [3.63, 3.8) is 0 Å². The molecule has 0 aliphatic carbocycles. The molecule has 99 valence electrons. The summed E-state index contributed by atoms with van der Waals surface area (Å²) < 4.78 is 0. The Morgan fingerprint density at radius 1 is 1.42 bits per heavy atom. The zero-order valence-electron chi connectivity index (χ0n) is 10.7. The minimum atomic E-state index is 0.0887. The molecule has 1 aliphatic heterocycles. The molecule has 1 aliphatic rings. The van der Waals surface area contributed by atoms with E-state index in [1.165, 1.54) is 0 Å². The van der Waals surface area contributed by atoms with E-state index in [4.69, 9.17) is 0 Å². The molecule has 0 saturated carbocycles. The summed E-state index contributed by atoms with van der Waals surface area (Å²) in [6.45, 7) is 2.04. The van der Waals surface area contributed by atoms with Gasteiger partial charge in [0.2, 0.25) is 5.91 Å². The second-order valence-electron chi connectivity index (χ2n) is 5.03. The van der Waals surface area contributed by atoms with Gasteiger partial charge in [0.1, 0.15) is 0 Å². The van der Waals surface area contributed by atoms with Gasteiger partial charge in [-0.15, -0.1) is 0 Å². The van der Waals surface area contributed by atoms with Crippen LogP contribution in [0.5, 0.6) is 0 Å². The van der Waals surface area contributed by atoms with E-state index in [1.807, 2.05) is 18.2 Å². The molecule has 0 unspecified atom stereocenters. The summed E-state index contributed by atoms with van der Waals surface area (Å²) in [7, 11) is 0. The quantitative estimate of drug-likeness (QED) is 0.783. The normalized spacial score (nSPS) is 16.6. The van der Waals surface area contributed by atoms with Crippen molar-refractivity contribution in [1.82, 2.24) is 15.3 Å². The zero-order valence-corrected chi connectivity index (χ0v) is 10.7. The van der Waals surface area contributed by atoms with E-state index >= 15 is 0 Å². The number of nitrogens with zero attached hydrogens (tertiary/aromatic N) is 1. The zero-order chi connectivity index (χ0) is 13.1. The molecule has 1 radical (unpaired) electrons. The van der Waals surface area contributed by atoms with Gasteiger partial charge in [-0.25, -0.2) is 4.98 Å². The number of hydrogen-bond acceptors (Lipinski definition) is 3. The number of nitrogens with one attached hydrogen (secondary N) is 3. The molecule has 1 aromatic carbocycles. The molecule has 0 spiro atoms. The molecular formula is C14H17N4O. The number of fused-ring (bicyclic) bond motifs is 1. The maximum atomic E-state index is 12.0. The van der Waals surface area contributed by atoms with Crippen LogP contribution in [-0.4, -0.2) is 29.0 Å². The van der Waals surface area contributed by atoms with Gasteiger partial charge in [-0.3, -0.25) is 4.79 Å². The summed E-state index contributed by atoms with van der Waals surface area (Å²) in [5.41, 5.74) is 2.54. The van der Waals surface area contributed by atoms with E-state index in [2.05, 4.69) is 26.9 Å². The van der Waals surface area contributed by atoms with Gasteiger partial charge in [0.25, 0.3) is 0 Å². The lowest BCUT2D eigenvalue weighted by Crippen LogP contribution is -2.30. The predicted octanol–water partition coefficient (Wildman–Crippen LogP) is 1.69. The van der Waals surface area contributed by atoms with Crippen LogP contribution in [0.2, 0.25) is 0 Å². The average Bonchev–Trinajstić information content (AvgIpc) is 2.87. The third-order valence-corrected chi connectivity index (χ3v) is 3.58. The topological polar surface area (TPSA) is 69.8 Å². The van der Waals surface area contributed by atoms with Crippen LogP contribution in [0.3, 0.4) is 0 Å². The minimum Gasteiger partial charge on any atom is -0.335 e. The Bertz CT molecular complexity index is 572. The van der Waals surface area contributed by atoms with E-state index in [0.29, 0.717) is 12.3 Å². The van der Waals surface area contributed by atoms with E-state index < -0.39 is 0 Å². The second kappa shape index (κ2) is 5.40. The lowest BCUT2D eigenvalue weighted by Gasteiger charge is -2.21. The van der Waals surface area contributed by atoms with Crippen molar-refractivity contribution in [2.75, 3.05) is 18.4 Å². The maximum absolute atomic E-state index is 12.0. The number of aromatic amines is 1. The van der Waals surface area contributed by atoms with E-state index in [-0.39, 0.29) is 5.91 Å². The summed E-state index contributed by atoms with van der Waals surface area (Å²) in [6, 6.07) is 5.65. The predicted molar refractivity (Wildman–Crippen MR) is 73.8 cm³/mol. The van der Waals surface area contributed by atoms with E-state index in [0.717, 1.165) is 42.7 Å². The molecule has 1 fully saturated rings. The molecule has 1 amide bonds. The molecule has 5 nitrogen and oxygen atoms in total. The van der Waals surface area contributed by atoms with Crippen LogP contribution in [0.4, 0.5) is 5.69 Å². The Hall–Kier alpha value is -1.88. The van der Waals surface area contributed by atoms with Crippen molar-refractivity contribution in [3.8, 4) is 0 Å². The fourth-order valence-corrected chi connectivity index (χ4v) is 2.52. The first-order valence-electron chi connectivity index (χ1n) is 6.67. The summed E-state index contributed by atoms with van der Waals surface area (Å²) >= 11 is 0. The number of imidazole rings is 1. The highest BCUT2D eigenvalue weighted by atomic mass is 16.1. The SMILES string of the molecule is O=C(CC1CCNCC1)Nc1ccc2[nH][c]nc2c1. The highest BCUT2D eigenvalue weighted by Crippen LogP contribution is 2.19. The number of hydrogen-bond donors (Lipinski definition) is 3. The van der Waals surface area contributed by atoms with Crippen LogP contribution in [0.25, 0.3) is 11.0 Å². The first-order valence-corrected chi connectivity index (χ1v) is 6.67. The van der Waals surface area contributed by atoms with Crippen molar-refractivity contribution in [1.29, 1.82) is 0 Å². The lowest BCUT2D eigenvalue weighted by atomic mass is 9.94. The van der Waals surface area contributed by atoms with E-state index in [1.54, 1.807) is 0 Å². The monoisotopic (exact) mass is 257 g/mol. The molecule has 3 rings (SSSR count). The number of benzene rings is 1. The van der Waals surface area contributed by atoms with Crippen molar-refractivity contribution in [2.24, 2.45) is 5.92 Å². The van der Waals surface area contributed by atoms with Crippen molar-refractivity contribution < 1.29 is 4.79 Å². The van der Waals surface area contributed by atoms with Crippen LogP contribution in [0.15, 0.2) is 18.2 Å². The standard InChI is InChI=1S/C14H17N4O/c19-14(7-10-3-5-15-6-4-10)18-11-1-2-12-13(8-11)17-9-16-12/h1-2,8,10,15H,3-7H2,(H,16,17)(H,18,19). The Labute approximate surface area is 111 Å². The molecule has 1 aromatic heterocycles. The molecular weight excluding hydrogens is 240 g/mol. The molecule has 2 aromatic rings. The Morgan fingerprint density at radius 2 is 2.26 bits per heavy atom. The van der Waals surface area contributed by atoms with Gasteiger partial charge in [-0.2, -0.15) is 0 Å². The van der Waals surface area contributed by atoms with Crippen LogP contribution in [-0.2, 0) is 4.79 Å². The fraction of sp³-hybridized carbons (Fsp3) is 0.429. The number of piperidine rings is 1. The maximum Gasteiger partial charge on any atom is 0.224 e. The smallest absolute Gasteiger partial charge is 0.224 e. The third kappa shape index (κ3) is 2.93. The van der Waals surface area contributed by atoms with Crippen molar-refractivity contribution in [2.45, 2.75) is 19.3 Å². The van der Waals surface area contributed by atoms with Crippen LogP contribution in [0, 0.1) is 12.2 Å². The van der Waals surface area contributed by atoms with Gasteiger partial charge in [0.15, 0.2) is 6.33 Å². The summed E-state index contributed by atoms with van der Waals surface area (Å²) in [4.78, 5) is 19.0. The Kier molecular flexibility index (Phi) is 3.46. The molecule has 19 heavy (non-hydrogen) atoms. The molecule has 1 saturated heterocycles.